The van der Waals surface area contributed by atoms with Crippen molar-refractivity contribution in [2.45, 2.75) is 6.04 Å². The molecule has 1 unspecified atom stereocenters. The monoisotopic (exact) mass is 282 g/mol. The lowest BCUT2D eigenvalue weighted by molar-refractivity contribution is -0.140. The first-order chi connectivity index (χ1) is 9.54. The average Bonchev–Trinajstić information content (AvgIpc) is 2.46. The van der Waals surface area contributed by atoms with Gasteiger partial charge in [0, 0.05) is 19.6 Å². The van der Waals surface area contributed by atoms with Crippen LogP contribution in [0.1, 0.15) is 10.4 Å². The lowest BCUT2D eigenvalue weighted by Crippen LogP contribution is -2.55. The Morgan fingerprint density at radius 1 is 1.50 bits per heavy atom. The number of carbonyl (C=O) groups excluding carboxylic acids is 1. The van der Waals surface area contributed by atoms with Crippen LogP contribution in [0.15, 0.2) is 18.2 Å². The normalized spacial score (nSPS) is 18.7. The molecule has 20 heavy (non-hydrogen) atoms. The maximum Gasteiger partial charge on any atom is 0.322 e. The Balaban J connectivity index is 2.23. The van der Waals surface area contributed by atoms with Crippen LogP contribution in [-0.2, 0) is 4.79 Å². The fraction of sp³-hybridized carbons (Fsp3) is 0.385. The number of carbonyl (C=O) groups is 2. The minimum Gasteiger partial charge on any atom is -0.493 e. The Hall–Kier alpha value is -2.15. The van der Waals surface area contributed by atoms with E-state index in [2.05, 4.69) is 5.32 Å². The van der Waals surface area contributed by atoms with E-state index in [0.717, 1.165) is 0 Å². The summed E-state index contributed by atoms with van der Waals surface area (Å²) in [6.45, 7) is 0.774. The molecule has 0 spiro atoms. The molecule has 0 radical (unpaired) electrons. The third-order valence-corrected chi connectivity index (χ3v) is 3.16. The van der Waals surface area contributed by atoms with Gasteiger partial charge in [-0.25, -0.2) is 4.39 Å². The number of para-hydroxylation sites is 1. The molecule has 1 atom stereocenters. The lowest BCUT2D eigenvalue weighted by atomic mass is 10.1. The molecule has 1 aliphatic rings. The van der Waals surface area contributed by atoms with E-state index in [1.165, 1.54) is 30.2 Å². The van der Waals surface area contributed by atoms with Gasteiger partial charge in [-0.05, 0) is 12.1 Å². The Kier molecular flexibility index (Phi) is 4.19. The minimum absolute atomic E-state index is 0.0355. The molecule has 1 amide bonds. The number of amides is 1. The zero-order chi connectivity index (χ0) is 14.7. The van der Waals surface area contributed by atoms with E-state index in [-0.39, 0.29) is 17.9 Å². The van der Waals surface area contributed by atoms with Crippen molar-refractivity contribution in [3.63, 3.8) is 0 Å². The van der Waals surface area contributed by atoms with E-state index in [1.54, 1.807) is 0 Å². The first-order valence-electron chi connectivity index (χ1n) is 6.12. The fourth-order valence-corrected chi connectivity index (χ4v) is 2.15. The number of piperazine rings is 1. The fourth-order valence-electron chi connectivity index (χ4n) is 2.15. The van der Waals surface area contributed by atoms with Crippen LogP contribution in [0.2, 0.25) is 0 Å². The molecule has 0 saturated carbocycles. The van der Waals surface area contributed by atoms with Gasteiger partial charge >= 0.3 is 5.97 Å². The highest BCUT2D eigenvalue weighted by molar-refractivity contribution is 5.97. The van der Waals surface area contributed by atoms with Crippen LogP contribution in [0.5, 0.6) is 5.75 Å². The van der Waals surface area contributed by atoms with E-state index >= 15 is 0 Å². The maximum atomic E-state index is 13.6. The van der Waals surface area contributed by atoms with Crippen LogP contribution in [0.25, 0.3) is 0 Å². The highest BCUT2D eigenvalue weighted by atomic mass is 19.1. The van der Waals surface area contributed by atoms with Gasteiger partial charge in [0.05, 0.1) is 12.7 Å². The van der Waals surface area contributed by atoms with Crippen molar-refractivity contribution in [2.75, 3.05) is 26.7 Å². The molecule has 1 saturated heterocycles. The van der Waals surface area contributed by atoms with Gasteiger partial charge in [0.1, 0.15) is 6.04 Å². The van der Waals surface area contributed by atoms with Gasteiger partial charge in [-0.15, -0.1) is 0 Å². The molecule has 6 nitrogen and oxygen atoms in total. The standard InChI is InChI=1S/C13H15FN2O4/c1-20-11-8(3-2-4-9(11)14)12(17)16-6-5-15-10(7-16)13(18)19/h2-4,10,15H,5-7H2,1H3,(H,18,19). The smallest absolute Gasteiger partial charge is 0.322 e. The average molecular weight is 282 g/mol. The Bertz CT molecular complexity index is 535. The summed E-state index contributed by atoms with van der Waals surface area (Å²) in [4.78, 5) is 24.7. The molecule has 108 valence electrons. The largest absolute Gasteiger partial charge is 0.493 e. The van der Waals surface area contributed by atoms with Crippen LogP contribution in [0, 0.1) is 5.82 Å². The second-order valence-corrected chi connectivity index (χ2v) is 4.42. The van der Waals surface area contributed by atoms with Crippen molar-refractivity contribution < 1.29 is 23.8 Å². The molecule has 1 aromatic carbocycles. The number of halogens is 1. The van der Waals surface area contributed by atoms with Crippen LogP contribution >= 0.6 is 0 Å². The summed E-state index contributed by atoms with van der Waals surface area (Å²) in [7, 11) is 1.28. The minimum atomic E-state index is -1.02. The quantitative estimate of drug-likeness (QED) is 0.835. The van der Waals surface area contributed by atoms with Gasteiger partial charge in [-0.1, -0.05) is 6.07 Å². The van der Waals surface area contributed by atoms with E-state index in [9.17, 15) is 14.0 Å². The molecule has 2 N–H and O–H groups in total. The van der Waals surface area contributed by atoms with Gasteiger partial charge in [-0.2, -0.15) is 0 Å². The highest BCUT2D eigenvalue weighted by Crippen LogP contribution is 2.24. The second-order valence-electron chi connectivity index (χ2n) is 4.42. The maximum absolute atomic E-state index is 13.6. The molecule has 1 fully saturated rings. The van der Waals surface area contributed by atoms with Gasteiger partial charge < -0.3 is 20.1 Å². The first-order valence-corrected chi connectivity index (χ1v) is 6.12. The number of hydrogen-bond donors (Lipinski definition) is 2. The predicted molar refractivity (Wildman–Crippen MR) is 68.3 cm³/mol. The lowest BCUT2D eigenvalue weighted by Gasteiger charge is -2.31. The van der Waals surface area contributed by atoms with Crippen molar-refractivity contribution in [3.8, 4) is 5.75 Å². The van der Waals surface area contributed by atoms with Crippen molar-refractivity contribution in [2.24, 2.45) is 0 Å². The van der Waals surface area contributed by atoms with Crippen LogP contribution < -0.4 is 10.1 Å². The zero-order valence-electron chi connectivity index (χ0n) is 10.9. The molecule has 0 aromatic heterocycles. The number of hydrogen-bond acceptors (Lipinski definition) is 4. The zero-order valence-corrected chi connectivity index (χ0v) is 10.9. The predicted octanol–water partition coefficient (Wildman–Crippen LogP) is 0.333. The summed E-state index contributed by atoms with van der Waals surface area (Å²) in [6.07, 6.45) is 0. The van der Waals surface area contributed by atoms with Gasteiger partial charge in [-0.3, -0.25) is 9.59 Å². The molecule has 1 aliphatic heterocycles. The van der Waals surface area contributed by atoms with Crippen molar-refractivity contribution in [1.82, 2.24) is 10.2 Å². The summed E-state index contributed by atoms with van der Waals surface area (Å²) in [5, 5.41) is 11.8. The van der Waals surface area contributed by atoms with E-state index in [4.69, 9.17) is 9.84 Å². The van der Waals surface area contributed by atoms with Gasteiger partial charge in [0.2, 0.25) is 0 Å². The Morgan fingerprint density at radius 3 is 2.90 bits per heavy atom. The Morgan fingerprint density at radius 2 is 2.25 bits per heavy atom. The number of carboxylic acid groups (broad SMARTS) is 1. The summed E-state index contributed by atoms with van der Waals surface area (Å²) >= 11 is 0. The van der Waals surface area contributed by atoms with Crippen molar-refractivity contribution in [3.05, 3.63) is 29.6 Å². The van der Waals surface area contributed by atoms with Crippen molar-refractivity contribution >= 4 is 11.9 Å². The number of nitrogens with zero attached hydrogens (tertiary/aromatic N) is 1. The number of benzene rings is 1. The van der Waals surface area contributed by atoms with Crippen molar-refractivity contribution in [1.29, 1.82) is 0 Å². The number of rotatable bonds is 3. The molecule has 0 aliphatic carbocycles. The van der Waals surface area contributed by atoms with Crippen LogP contribution in [0.4, 0.5) is 4.39 Å². The van der Waals surface area contributed by atoms with Gasteiger partial charge in [0.15, 0.2) is 11.6 Å². The summed E-state index contributed by atoms with van der Waals surface area (Å²) in [5.74, 6) is -2.20. The number of nitrogens with one attached hydrogen (secondary N) is 1. The first kappa shape index (κ1) is 14.3. The second kappa shape index (κ2) is 5.87. The molecular weight excluding hydrogens is 267 g/mol. The Labute approximate surface area is 115 Å². The van der Waals surface area contributed by atoms with Crippen LogP contribution in [0.3, 0.4) is 0 Å². The van der Waals surface area contributed by atoms with E-state index < -0.39 is 23.7 Å². The van der Waals surface area contributed by atoms with Crippen LogP contribution in [-0.4, -0.2) is 54.7 Å². The molecule has 0 bridgehead atoms. The molecular formula is C13H15FN2O4. The third-order valence-electron chi connectivity index (χ3n) is 3.16. The summed E-state index contributed by atoms with van der Waals surface area (Å²) < 4.78 is 18.5. The number of ether oxygens (including phenoxy) is 1. The molecule has 2 rings (SSSR count). The summed E-state index contributed by atoms with van der Waals surface area (Å²) in [6, 6.07) is 3.27. The van der Waals surface area contributed by atoms with Gasteiger partial charge in [0.25, 0.3) is 5.91 Å². The number of carboxylic acids is 1. The SMILES string of the molecule is COc1c(F)cccc1C(=O)N1CCNC(C(=O)O)C1. The number of aliphatic carboxylic acids is 1. The topological polar surface area (TPSA) is 78.9 Å². The third kappa shape index (κ3) is 2.72. The van der Waals surface area contributed by atoms with E-state index in [0.29, 0.717) is 13.1 Å². The molecule has 7 heteroatoms. The molecule has 1 aromatic rings. The van der Waals surface area contributed by atoms with E-state index in [1.807, 2.05) is 0 Å². The summed E-state index contributed by atoms with van der Waals surface area (Å²) in [5.41, 5.74) is 0.0959. The highest BCUT2D eigenvalue weighted by Gasteiger charge is 2.29. The molecule has 1 heterocycles. The number of methoxy groups -OCH3 is 1.